The van der Waals surface area contributed by atoms with Crippen molar-refractivity contribution in [1.29, 1.82) is 0 Å². The van der Waals surface area contributed by atoms with Crippen LogP contribution in [0.1, 0.15) is 25.2 Å². The average Bonchev–Trinajstić information content (AvgIpc) is 2.72. The first-order chi connectivity index (χ1) is 8.13. The second-order valence-electron chi connectivity index (χ2n) is 5.13. The molecule has 1 unspecified atom stereocenters. The highest BCUT2D eigenvalue weighted by Gasteiger charge is 2.48. The van der Waals surface area contributed by atoms with Crippen molar-refractivity contribution in [1.82, 2.24) is 15.1 Å². The summed E-state index contributed by atoms with van der Waals surface area (Å²) in [5.74, 6) is 1.57. The Balaban J connectivity index is 1.60. The van der Waals surface area contributed by atoms with E-state index >= 15 is 0 Å². The average molecular weight is 237 g/mol. The molecule has 2 saturated carbocycles. The van der Waals surface area contributed by atoms with E-state index in [2.05, 4.69) is 10.2 Å². The van der Waals surface area contributed by atoms with Crippen molar-refractivity contribution < 1.29 is 9.21 Å². The van der Waals surface area contributed by atoms with Crippen LogP contribution in [0.25, 0.3) is 0 Å². The summed E-state index contributed by atoms with van der Waals surface area (Å²) in [6.45, 7) is 0.253. The summed E-state index contributed by atoms with van der Waals surface area (Å²) in [7, 11) is 1.72. The normalized spacial score (nSPS) is 30.1. The Kier molecular flexibility index (Phi) is 2.31. The molecule has 0 radical (unpaired) electrons. The molecule has 0 spiro atoms. The number of carbonyl (C=O) groups excluding carboxylic acids is 1. The Morgan fingerprint density at radius 3 is 2.76 bits per heavy atom. The molecular formula is C11H15N3O3. The Labute approximate surface area is 98.0 Å². The fourth-order valence-electron chi connectivity index (χ4n) is 2.84. The molecule has 3 rings (SSSR count). The molecule has 1 aromatic heterocycles. The maximum Gasteiger partial charge on any atom is 0.434 e. The van der Waals surface area contributed by atoms with E-state index in [9.17, 15) is 9.59 Å². The van der Waals surface area contributed by atoms with Crippen LogP contribution in [0.4, 0.5) is 0 Å². The van der Waals surface area contributed by atoms with E-state index in [1.165, 1.54) is 6.42 Å². The summed E-state index contributed by atoms with van der Waals surface area (Å²) in [5, 5.41) is 5.88. The fraction of sp³-hybridized carbons (Fsp3) is 0.727. The molecule has 6 nitrogen and oxygen atoms in total. The minimum absolute atomic E-state index is 0.142. The maximum absolute atomic E-state index is 12.1. The molecule has 6 heteroatoms. The van der Waals surface area contributed by atoms with Gasteiger partial charge in [0.05, 0.1) is 6.54 Å². The molecular weight excluding hydrogens is 222 g/mol. The molecule has 1 N–H and O–H groups in total. The van der Waals surface area contributed by atoms with Crippen molar-refractivity contribution >= 4 is 5.91 Å². The van der Waals surface area contributed by atoms with E-state index in [-0.39, 0.29) is 24.3 Å². The molecule has 0 saturated heterocycles. The zero-order valence-corrected chi connectivity index (χ0v) is 9.68. The van der Waals surface area contributed by atoms with Crippen LogP contribution in [0.2, 0.25) is 0 Å². The van der Waals surface area contributed by atoms with Gasteiger partial charge in [0.25, 0.3) is 0 Å². The maximum atomic E-state index is 12.1. The number of rotatable bonds is 3. The number of nitrogens with zero attached hydrogens (tertiary/aromatic N) is 2. The van der Waals surface area contributed by atoms with E-state index < -0.39 is 5.76 Å². The van der Waals surface area contributed by atoms with Gasteiger partial charge in [0.15, 0.2) is 0 Å². The van der Waals surface area contributed by atoms with Gasteiger partial charge in [-0.3, -0.25) is 4.79 Å². The Hall–Kier alpha value is -1.59. The first-order valence-corrected chi connectivity index (χ1v) is 5.93. The summed E-state index contributed by atoms with van der Waals surface area (Å²) in [6.07, 6.45) is 3.36. The first-order valence-electron chi connectivity index (χ1n) is 5.93. The molecule has 1 aromatic rings. The summed E-state index contributed by atoms with van der Waals surface area (Å²) < 4.78 is 4.78. The molecule has 2 aliphatic rings. The Morgan fingerprint density at radius 2 is 2.18 bits per heavy atom. The Morgan fingerprint density at radius 1 is 1.47 bits per heavy atom. The van der Waals surface area contributed by atoms with Crippen LogP contribution < -0.4 is 5.76 Å². The third-order valence-corrected chi connectivity index (χ3v) is 3.82. The highest BCUT2D eigenvalue weighted by Crippen LogP contribution is 2.54. The van der Waals surface area contributed by atoms with Crippen LogP contribution >= 0.6 is 0 Å². The van der Waals surface area contributed by atoms with Crippen LogP contribution in [0.15, 0.2) is 9.21 Å². The van der Waals surface area contributed by atoms with E-state index in [0.29, 0.717) is 0 Å². The van der Waals surface area contributed by atoms with Crippen molar-refractivity contribution in [3.63, 3.8) is 0 Å². The molecule has 3 atom stereocenters. The van der Waals surface area contributed by atoms with Crippen LogP contribution in [0.5, 0.6) is 0 Å². The quantitative estimate of drug-likeness (QED) is 0.823. The van der Waals surface area contributed by atoms with E-state index in [1.54, 1.807) is 11.9 Å². The zero-order chi connectivity index (χ0) is 12.0. The van der Waals surface area contributed by atoms with Crippen LogP contribution in [0, 0.1) is 17.8 Å². The molecule has 92 valence electrons. The number of fused-ring (bicyclic) bond motifs is 1. The number of hydrogen-bond donors (Lipinski definition) is 1. The van der Waals surface area contributed by atoms with Crippen LogP contribution in [0.3, 0.4) is 0 Å². The second-order valence-corrected chi connectivity index (χ2v) is 5.13. The fourth-order valence-corrected chi connectivity index (χ4v) is 2.84. The number of aromatic amines is 1. The van der Waals surface area contributed by atoms with Gasteiger partial charge in [-0.05, 0) is 31.1 Å². The molecule has 1 amide bonds. The van der Waals surface area contributed by atoms with Gasteiger partial charge in [0.1, 0.15) is 0 Å². The minimum Gasteiger partial charge on any atom is -0.391 e. The van der Waals surface area contributed by atoms with Gasteiger partial charge in [0, 0.05) is 13.0 Å². The predicted molar refractivity (Wildman–Crippen MR) is 57.9 cm³/mol. The van der Waals surface area contributed by atoms with Crippen molar-refractivity contribution in [3.05, 3.63) is 16.4 Å². The Bertz CT molecular complexity index is 482. The SMILES string of the molecule is CN(Cc1n[nH]c(=O)o1)C(=O)C1C[C@@H]2C[C@@H]2C1. The van der Waals surface area contributed by atoms with E-state index in [0.717, 1.165) is 24.7 Å². The number of carbonyl (C=O) groups is 1. The molecule has 2 fully saturated rings. The predicted octanol–water partition coefficient (Wildman–Crippen LogP) is 0.367. The summed E-state index contributed by atoms with van der Waals surface area (Å²) in [5.41, 5.74) is 0. The molecule has 0 bridgehead atoms. The third kappa shape index (κ3) is 1.99. The number of aromatic nitrogens is 2. The first kappa shape index (κ1) is 10.6. The topological polar surface area (TPSA) is 79.2 Å². The number of hydrogen-bond acceptors (Lipinski definition) is 4. The zero-order valence-electron chi connectivity index (χ0n) is 9.68. The van der Waals surface area contributed by atoms with E-state index in [1.807, 2.05) is 0 Å². The van der Waals surface area contributed by atoms with E-state index in [4.69, 9.17) is 4.42 Å². The van der Waals surface area contributed by atoms with Gasteiger partial charge in [-0.2, -0.15) is 0 Å². The highest BCUT2D eigenvalue weighted by atomic mass is 16.4. The lowest BCUT2D eigenvalue weighted by Gasteiger charge is -2.20. The smallest absolute Gasteiger partial charge is 0.391 e. The lowest BCUT2D eigenvalue weighted by molar-refractivity contribution is -0.135. The van der Waals surface area contributed by atoms with Gasteiger partial charge in [0.2, 0.25) is 11.8 Å². The molecule has 2 aliphatic carbocycles. The van der Waals surface area contributed by atoms with Gasteiger partial charge >= 0.3 is 5.76 Å². The molecule has 0 aliphatic heterocycles. The van der Waals surface area contributed by atoms with Crippen molar-refractivity contribution in [2.24, 2.45) is 17.8 Å². The van der Waals surface area contributed by atoms with Gasteiger partial charge in [-0.25, -0.2) is 9.89 Å². The monoisotopic (exact) mass is 237 g/mol. The highest BCUT2D eigenvalue weighted by molar-refractivity contribution is 5.79. The second kappa shape index (κ2) is 3.72. The summed E-state index contributed by atoms with van der Waals surface area (Å²) in [6, 6.07) is 0. The number of H-pyrrole nitrogens is 1. The lowest BCUT2D eigenvalue weighted by atomic mass is 10.0. The molecule has 1 heterocycles. The summed E-state index contributed by atoms with van der Waals surface area (Å²) >= 11 is 0. The van der Waals surface area contributed by atoms with Crippen LogP contribution in [-0.2, 0) is 11.3 Å². The largest absolute Gasteiger partial charge is 0.434 e. The standard InChI is InChI=1S/C11H15N3O3/c1-14(5-9-12-13-11(16)17-9)10(15)8-3-6-2-7(6)4-8/h6-8H,2-5H2,1H3,(H,13,16)/t6-,7+,8?. The van der Waals surface area contributed by atoms with Crippen molar-refractivity contribution in [3.8, 4) is 0 Å². The molecule has 0 aromatic carbocycles. The van der Waals surface area contributed by atoms with Crippen LogP contribution in [-0.4, -0.2) is 28.1 Å². The lowest BCUT2D eigenvalue weighted by Crippen LogP contribution is -2.32. The van der Waals surface area contributed by atoms with Crippen molar-refractivity contribution in [2.75, 3.05) is 7.05 Å². The molecule has 17 heavy (non-hydrogen) atoms. The number of nitrogens with one attached hydrogen (secondary N) is 1. The summed E-state index contributed by atoms with van der Waals surface area (Å²) in [4.78, 5) is 24.4. The van der Waals surface area contributed by atoms with Crippen molar-refractivity contribution in [2.45, 2.75) is 25.8 Å². The number of amides is 1. The van der Waals surface area contributed by atoms with Gasteiger partial charge in [-0.1, -0.05) is 0 Å². The van der Waals surface area contributed by atoms with Gasteiger partial charge in [-0.15, -0.1) is 5.10 Å². The minimum atomic E-state index is -0.581. The van der Waals surface area contributed by atoms with Gasteiger partial charge < -0.3 is 9.32 Å². The third-order valence-electron chi connectivity index (χ3n) is 3.82.